The van der Waals surface area contributed by atoms with Gasteiger partial charge < -0.3 is 9.64 Å². The van der Waals surface area contributed by atoms with E-state index in [4.69, 9.17) is 4.74 Å². The Morgan fingerprint density at radius 1 is 1.03 bits per heavy atom. The zero-order chi connectivity index (χ0) is 23.0. The standard InChI is InChI=1S/C23H22FN3O5/c1-14-11-25(12-15(2)32-14)21-20(16-7-9-18(10-8-16)27(30)31)22(28)26(23(21)29)13-17-5-3-4-6-19(17)24/h3-10,14-15H,11-13H2,1-2H3. The molecule has 2 amide bonds. The average Bonchev–Trinajstić information content (AvgIpc) is 2.99. The number of hydrogen-bond acceptors (Lipinski definition) is 6. The lowest BCUT2D eigenvalue weighted by Gasteiger charge is -2.37. The number of ether oxygens (including phenoxy) is 1. The lowest BCUT2D eigenvalue weighted by molar-refractivity contribution is -0.384. The minimum Gasteiger partial charge on any atom is -0.372 e. The molecule has 0 bridgehead atoms. The number of nitro benzene ring substituents is 1. The summed E-state index contributed by atoms with van der Waals surface area (Å²) >= 11 is 0. The smallest absolute Gasteiger partial charge is 0.278 e. The van der Waals surface area contributed by atoms with Gasteiger partial charge in [0.05, 0.1) is 29.2 Å². The lowest BCUT2D eigenvalue weighted by atomic mass is 10.0. The summed E-state index contributed by atoms with van der Waals surface area (Å²) in [5.74, 6) is -1.59. The van der Waals surface area contributed by atoms with E-state index < -0.39 is 22.6 Å². The highest BCUT2D eigenvalue weighted by molar-refractivity contribution is 6.35. The van der Waals surface area contributed by atoms with Gasteiger partial charge in [-0.3, -0.25) is 24.6 Å². The molecule has 1 saturated heterocycles. The molecular formula is C23H22FN3O5. The number of imide groups is 1. The Bertz CT molecular complexity index is 1100. The van der Waals surface area contributed by atoms with Gasteiger partial charge in [0.25, 0.3) is 17.5 Å². The molecule has 2 heterocycles. The Morgan fingerprint density at radius 2 is 1.66 bits per heavy atom. The number of non-ortho nitro benzene ring substituents is 1. The molecule has 0 aliphatic carbocycles. The van der Waals surface area contributed by atoms with Crippen molar-refractivity contribution < 1.29 is 23.6 Å². The maximum atomic E-state index is 14.2. The van der Waals surface area contributed by atoms with Crippen LogP contribution in [0.1, 0.15) is 25.0 Å². The van der Waals surface area contributed by atoms with Gasteiger partial charge in [-0.25, -0.2) is 4.39 Å². The maximum Gasteiger partial charge on any atom is 0.278 e. The van der Waals surface area contributed by atoms with Crippen LogP contribution in [0.4, 0.5) is 10.1 Å². The summed E-state index contributed by atoms with van der Waals surface area (Å²) in [6.07, 6.45) is -0.319. The molecule has 0 spiro atoms. The third-order valence-electron chi connectivity index (χ3n) is 5.53. The van der Waals surface area contributed by atoms with Crippen molar-refractivity contribution in [1.29, 1.82) is 0 Å². The van der Waals surface area contributed by atoms with Crippen LogP contribution in [0.5, 0.6) is 0 Å². The van der Waals surface area contributed by atoms with Crippen LogP contribution in [0, 0.1) is 15.9 Å². The highest BCUT2D eigenvalue weighted by Crippen LogP contribution is 2.35. The van der Waals surface area contributed by atoms with E-state index >= 15 is 0 Å². The molecular weight excluding hydrogens is 417 g/mol. The fourth-order valence-electron chi connectivity index (χ4n) is 4.17. The number of amides is 2. The molecule has 1 fully saturated rings. The van der Waals surface area contributed by atoms with E-state index in [2.05, 4.69) is 0 Å². The first kappa shape index (κ1) is 21.6. The van der Waals surface area contributed by atoms with Crippen LogP contribution < -0.4 is 0 Å². The molecule has 2 aromatic rings. The third kappa shape index (κ3) is 3.99. The fraction of sp³-hybridized carbons (Fsp3) is 0.304. The highest BCUT2D eigenvalue weighted by atomic mass is 19.1. The molecule has 0 N–H and O–H groups in total. The number of halogens is 1. The van der Waals surface area contributed by atoms with Gasteiger partial charge in [-0.05, 0) is 37.6 Å². The van der Waals surface area contributed by atoms with E-state index in [0.717, 1.165) is 4.90 Å². The highest BCUT2D eigenvalue weighted by Gasteiger charge is 2.43. The summed E-state index contributed by atoms with van der Waals surface area (Å²) in [4.78, 5) is 40.2. The van der Waals surface area contributed by atoms with E-state index in [1.807, 2.05) is 18.7 Å². The van der Waals surface area contributed by atoms with E-state index in [1.54, 1.807) is 6.07 Å². The van der Waals surface area contributed by atoms with Gasteiger partial charge in [-0.15, -0.1) is 0 Å². The maximum absolute atomic E-state index is 14.2. The van der Waals surface area contributed by atoms with Gasteiger partial charge in [0.1, 0.15) is 11.5 Å². The minimum atomic E-state index is -0.561. The van der Waals surface area contributed by atoms with E-state index in [9.17, 15) is 24.1 Å². The molecule has 32 heavy (non-hydrogen) atoms. The van der Waals surface area contributed by atoms with Crippen LogP contribution in [0.25, 0.3) is 5.57 Å². The van der Waals surface area contributed by atoms with Crippen LogP contribution in [0.2, 0.25) is 0 Å². The second kappa shape index (κ2) is 8.51. The van der Waals surface area contributed by atoms with Crippen molar-refractivity contribution in [3.8, 4) is 0 Å². The van der Waals surface area contributed by atoms with E-state index in [0.29, 0.717) is 18.7 Å². The quantitative estimate of drug-likeness (QED) is 0.404. The van der Waals surface area contributed by atoms with Crippen LogP contribution in [-0.2, 0) is 20.9 Å². The van der Waals surface area contributed by atoms with Gasteiger partial charge in [0, 0.05) is 30.8 Å². The Balaban J connectivity index is 1.77. The molecule has 166 valence electrons. The predicted octanol–water partition coefficient (Wildman–Crippen LogP) is 3.12. The number of nitro groups is 1. The summed E-state index contributed by atoms with van der Waals surface area (Å²) in [6.45, 7) is 4.37. The number of benzene rings is 2. The Hall–Kier alpha value is -3.59. The molecule has 0 radical (unpaired) electrons. The van der Waals surface area contributed by atoms with Crippen molar-refractivity contribution in [3.05, 3.63) is 81.3 Å². The summed E-state index contributed by atoms with van der Waals surface area (Å²) in [5, 5.41) is 11.0. The zero-order valence-corrected chi connectivity index (χ0v) is 17.7. The second-order valence-electron chi connectivity index (χ2n) is 7.98. The van der Waals surface area contributed by atoms with Crippen LogP contribution in [-0.4, -0.2) is 51.8 Å². The first-order chi connectivity index (χ1) is 15.3. The number of carbonyl (C=O) groups excluding carboxylic acids is 2. The summed E-state index contributed by atoms with van der Waals surface area (Å²) < 4.78 is 20.0. The SMILES string of the molecule is CC1CN(C2=C(c3ccc([N+](=O)[O-])cc3)C(=O)N(Cc3ccccc3F)C2=O)CC(C)O1. The molecule has 4 rings (SSSR count). The number of hydrogen-bond donors (Lipinski definition) is 0. The van der Waals surface area contributed by atoms with Crippen molar-refractivity contribution in [2.24, 2.45) is 0 Å². The monoisotopic (exact) mass is 439 g/mol. The van der Waals surface area contributed by atoms with Crippen molar-refractivity contribution in [2.45, 2.75) is 32.6 Å². The molecule has 2 aliphatic heterocycles. The van der Waals surface area contributed by atoms with Crippen molar-refractivity contribution in [3.63, 3.8) is 0 Å². The topological polar surface area (TPSA) is 93.0 Å². The molecule has 2 atom stereocenters. The molecule has 0 aromatic heterocycles. The predicted molar refractivity (Wildman–Crippen MR) is 114 cm³/mol. The molecule has 2 unspecified atom stereocenters. The summed E-state index contributed by atoms with van der Waals surface area (Å²) in [6, 6.07) is 11.5. The number of carbonyl (C=O) groups is 2. The average molecular weight is 439 g/mol. The Morgan fingerprint density at radius 3 is 2.25 bits per heavy atom. The van der Waals surface area contributed by atoms with Crippen LogP contribution in [0.3, 0.4) is 0 Å². The molecule has 2 aliphatic rings. The van der Waals surface area contributed by atoms with Crippen LogP contribution in [0.15, 0.2) is 54.2 Å². The van der Waals surface area contributed by atoms with E-state index in [1.165, 1.54) is 42.5 Å². The third-order valence-corrected chi connectivity index (χ3v) is 5.53. The van der Waals surface area contributed by atoms with E-state index in [-0.39, 0.29) is 41.3 Å². The molecule has 0 saturated carbocycles. The normalized spacial score (nSPS) is 21.5. The van der Waals surface area contributed by atoms with Crippen LogP contribution >= 0.6 is 0 Å². The first-order valence-electron chi connectivity index (χ1n) is 10.3. The number of nitrogens with zero attached hydrogens (tertiary/aromatic N) is 3. The molecule has 2 aromatic carbocycles. The summed E-state index contributed by atoms with van der Waals surface area (Å²) in [7, 11) is 0. The zero-order valence-electron chi connectivity index (χ0n) is 17.7. The number of morpholine rings is 1. The lowest BCUT2D eigenvalue weighted by Crippen LogP contribution is -2.46. The Labute approximate surface area is 184 Å². The number of rotatable bonds is 5. The van der Waals surface area contributed by atoms with Gasteiger partial charge in [-0.1, -0.05) is 18.2 Å². The van der Waals surface area contributed by atoms with Gasteiger partial charge in [0.2, 0.25) is 0 Å². The van der Waals surface area contributed by atoms with Gasteiger partial charge in [0.15, 0.2) is 0 Å². The fourth-order valence-corrected chi connectivity index (χ4v) is 4.17. The summed E-state index contributed by atoms with van der Waals surface area (Å²) in [5.41, 5.74) is 0.864. The van der Waals surface area contributed by atoms with Crippen molar-refractivity contribution in [2.75, 3.05) is 13.1 Å². The molecule has 9 heteroatoms. The minimum absolute atomic E-state index is 0.121. The van der Waals surface area contributed by atoms with Gasteiger partial charge >= 0.3 is 0 Å². The van der Waals surface area contributed by atoms with Crippen molar-refractivity contribution >= 4 is 23.1 Å². The molecule has 8 nitrogen and oxygen atoms in total. The Kier molecular flexibility index (Phi) is 5.75. The van der Waals surface area contributed by atoms with Gasteiger partial charge in [-0.2, -0.15) is 0 Å². The van der Waals surface area contributed by atoms with Crippen molar-refractivity contribution in [1.82, 2.24) is 9.80 Å². The largest absolute Gasteiger partial charge is 0.372 e. The second-order valence-corrected chi connectivity index (χ2v) is 7.98. The first-order valence-corrected chi connectivity index (χ1v) is 10.3.